The summed E-state index contributed by atoms with van der Waals surface area (Å²) in [6.45, 7) is -0.331. The summed E-state index contributed by atoms with van der Waals surface area (Å²) in [5.74, 6) is -0.407. The molecule has 1 heterocycles. The van der Waals surface area contributed by atoms with E-state index in [2.05, 4.69) is 15.9 Å². The zero-order chi connectivity index (χ0) is 15.6. The molecule has 0 fully saturated rings. The van der Waals surface area contributed by atoms with Gasteiger partial charge in [-0.15, -0.1) is 0 Å². The Morgan fingerprint density at radius 3 is 2.67 bits per heavy atom. The van der Waals surface area contributed by atoms with Gasteiger partial charge >= 0.3 is 11.2 Å². The third-order valence-corrected chi connectivity index (χ3v) is 3.48. The molecule has 0 radical (unpaired) electrons. The number of hydrogen-bond donors (Lipinski definition) is 0. The van der Waals surface area contributed by atoms with E-state index < -0.39 is 22.0 Å². The van der Waals surface area contributed by atoms with Crippen LogP contribution in [0.1, 0.15) is 10.4 Å². The summed E-state index contributed by atoms with van der Waals surface area (Å²) in [5.41, 5.74) is -1.19. The largest absolute Gasteiger partial charge is 0.335 e. The van der Waals surface area contributed by atoms with Crippen molar-refractivity contribution >= 4 is 39.0 Å². The lowest BCUT2D eigenvalue weighted by molar-refractivity contribution is -0.386. The number of carbonyl (C=O) groups is 1. The predicted molar refractivity (Wildman–Crippen MR) is 80.8 cm³/mol. The van der Waals surface area contributed by atoms with Gasteiger partial charge in [-0.2, -0.15) is 0 Å². The third-order valence-electron chi connectivity index (χ3n) is 2.72. The molecule has 21 heavy (non-hydrogen) atoms. The van der Waals surface area contributed by atoms with Gasteiger partial charge in [-0.3, -0.25) is 19.7 Å². The molecule has 8 heteroatoms. The molecule has 1 aromatic heterocycles. The normalized spacial score (nSPS) is 10.4. The standard InChI is InChI=1S/C13H8BrClN2O4/c14-8-5-11(17(20)21)13(19)16(6-8)7-12(18)9-3-1-2-4-10(9)15/h1-6H,7H2. The minimum Gasteiger partial charge on any atom is -0.301 e. The number of Topliss-reactive ketones (excluding diaryl/α,β-unsaturated/α-hetero) is 1. The van der Waals surface area contributed by atoms with E-state index in [9.17, 15) is 19.7 Å². The fraction of sp³-hybridized carbons (Fsp3) is 0.0769. The van der Waals surface area contributed by atoms with Crippen molar-refractivity contribution in [1.82, 2.24) is 4.57 Å². The molecular formula is C13H8BrClN2O4. The monoisotopic (exact) mass is 370 g/mol. The van der Waals surface area contributed by atoms with Gasteiger partial charge in [0.1, 0.15) is 0 Å². The van der Waals surface area contributed by atoms with E-state index in [1.165, 1.54) is 12.3 Å². The zero-order valence-corrected chi connectivity index (χ0v) is 12.8. The Bertz CT molecular complexity index is 788. The van der Waals surface area contributed by atoms with E-state index in [-0.39, 0.29) is 17.1 Å². The van der Waals surface area contributed by atoms with Crippen LogP contribution in [0.15, 0.2) is 45.8 Å². The Morgan fingerprint density at radius 1 is 1.38 bits per heavy atom. The maximum Gasteiger partial charge on any atom is 0.335 e. The summed E-state index contributed by atoms with van der Waals surface area (Å²) in [4.78, 5) is 34.1. The molecule has 0 amide bonds. The van der Waals surface area contributed by atoms with Crippen LogP contribution in [0.5, 0.6) is 0 Å². The van der Waals surface area contributed by atoms with E-state index in [0.29, 0.717) is 4.47 Å². The fourth-order valence-corrected chi connectivity index (χ4v) is 2.46. The molecule has 0 N–H and O–H groups in total. The first kappa shape index (κ1) is 15.4. The molecule has 0 bridgehead atoms. The molecular weight excluding hydrogens is 364 g/mol. The zero-order valence-electron chi connectivity index (χ0n) is 10.5. The minimum atomic E-state index is -0.844. The molecule has 0 saturated carbocycles. The maximum absolute atomic E-state index is 12.2. The quantitative estimate of drug-likeness (QED) is 0.470. The Hall–Kier alpha value is -1.99. The van der Waals surface area contributed by atoms with Crippen LogP contribution >= 0.6 is 27.5 Å². The first-order chi connectivity index (χ1) is 9.90. The Kier molecular flexibility index (Phi) is 4.54. The highest BCUT2D eigenvalue weighted by atomic mass is 79.9. The maximum atomic E-state index is 12.2. The summed E-state index contributed by atoms with van der Waals surface area (Å²) >= 11 is 8.99. The van der Waals surface area contributed by atoms with Gasteiger partial charge < -0.3 is 4.57 Å². The van der Waals surface area contributed by atoms with Crippen molar-refractivity contribution in [1.29, 1.82) is 0 Å². The van der Waals surface area contributed by atoms with Gasteiger partial charge in [0.2, 0.25) is 0 Å². The van der Waals surface area contributed by atoms with Crippen molar-refractivity contribution in [3.8, 4) is 0 Å². The van der Waals surface area contributed by atoms with Crippen molar-refractivity contribution in [2.24, 2.45) is 0 Å². The summed E-state index contributed by atoms with van der Waals surface area (Å²) in [7, 11) is 0. The highest BCUT2D eigenvalue weighted by Gasteiger charge is 2.18. The van der Waals surface area contributed by atoms with Gasteiger partial charge in [0.25, 0.3) is 0 Å². The van der Waals surface area contributed by atoms with Crippen LogP contribution in [0.2, 0.25) is 5.02 Å². The van der Waals surface area contributed by atoms with E-state index >= 15 is 0 Å². The van der Waals surface area contributed by atoms with Crippen molar-refractivity contribution < 1.29 is 9.72 Å². The predicted octanol–water partition coefficient (Wildman–Crippen LogP) is 3.06. The lowest BCUT2D eigenvalue weighted by atomic mass is 10.1. The van der Waals surface area contributed by atoms with Gasteiger partial charge in [0, 0.05) is 22.3 Å². The highest BCUT2D eigenvalue weighted by Crippen LogP contribution is 2.17. The summed E-state index contributed by atoms with van der Waals surface area (Å²) < 4.78 is 1.31. The van der Waals surface area contributed by atoms with Crippen molar-refractivity contribution in [2.45, 2.75) is 6.54 Å². The molecule has 1 aromatic carbocycles. The van der Waals surface area contributed by atoms with Crippen LogP contribution in [0, 0.1) is 10.1 Å². The van der Waals surface area contributed by atoms with Gasteiger partial charge in [0.05, 0.1) is 16.5 Å². The second-order valence-electron chi connectivity index (χ2n) is 4.14. The SMILES string of the molecule is O=C(Cn1cc(Br)cc([N+](=O)[O-])c1=O)c1ccccc1Cl. The van der Waals surface area contributed by atoms with Crippen LogP contribution in [0.4, 0.5) is 5.69 Å². The number of pyridine rings is 1. The van der Waals surface area contributed by atoms with Gasteiger partial charge in [0.15, 0.2) is 5.78 Å². The number of halogens is 2. The molecule has 2 rings (SSSR count). The topological polar surface area (TPSA) is 82.2 Å². The van der Waals surface area contributed by atoms with Gasteiger partial charge in [-0.05, 0) is 28.1 Å². The first-order valence-corrected chi connectivity index (χ1v) is 6.89. The van der Waals surface area contributed by atoms with Gasteiger partial charge in [-0.25, -0.2) is 0 Å². The van der Waals surface area contributed by atoms with E-state index in [1.54, 1.807) is 18.2 Å². The molecule has 2 aromatic rings. The van der Waals surface area contributed by atoms with Crippen LogP contribution in [0.25, 0.3) is 0 Å². The molecule has 0 spiro atoms. The Labute approximate surface area is 132 Å². The third kappa shape index (κ3) is 3.37. The number of nitro groups is 1. The van der Waals surface area contributed by atoms with E-state index in [4.69, 9.17) is 11.6 Å². The van der Waals surface area contributed by atoms with Crippen LogP contribution in [-0.2, 0) is 6.54 Å². The summed E-state index contributed by atoms with van der Waals surface area (Å²) in [6, 6.07) is 7.50. The minimum absolute atomic E-state index is 0.258. The fourth-order valence-electron chi connectivity index (χ4n) is 1.76. The molecule has 108 valence electrons. The first-order valence-electron chi connectivity index (χ1n) is 5.72. The summed E-state index contributed by atoms with van der Waals surface area (Å²) in [6.07, 6.45) is 1.32. The number of aromatic nitrogens is 1. The Morgan fingerprint density at radius 2 is 2.05 bits per heavy atom. The van der Waals surface area contributed by atoms with Crippen molar-refractivity contribution in [3.05, 3.63) is 72.1 Å². The lowest BCUT2D eigenvalue weighted by Crippen LogP contribution is -2.25. The molecule has 6 nitrogen and oxygen atoms in total. The lowest BCUT2D eigenvalue weighted by Gasteiger charge is -2.07. The molecule has 0 aliphatic rings. The molecule has 0 atom stereocenters. The second-order valence-corrected chi connectivity index (χ2v) is 5.46. The summed E-state index contributed by atoms with van der Waals surface area (Å²) in [5, 5.41) is 11.1. The Balaban J connectivity index is 2.41. The molecule has 0 aliphatic heterocycles. The molecule has 0 aliphatic carbocycles. The number of hydrogen-bond acceptors (Lipinski definition) is 4. The number of benzene rings is 1. The van der Waals surface area contributed by atoms with Crippen LogP contribution in [-0.4, -0.2) is 15.3 Å². The van der Waals surface area contributed by atoms with Crippen LogP contribution in [0.3, 0.4) is 0 Å². The number of carbonyl (C=O) groups excluding carboxylic acids is 1. The van der Waals surface area contributed by atoms with Crippen molar-refractivity contribution in [3.63, 3.8) is 0 Å². The number of rotatable bonds is 4. The van der Waals surface area contributed by atoms with Gasteiger partial charge in [-0.1, -0.05) is 23.7 Å². The molecule has 0 unspecified atom stereocenters. The molecule has 0 saturated heterocycles. The average molecular weight is 372 g/mol. The second kappa shape index (κ2) is 6.19. The van der Waals surface area contributed by atoms with Crippen LogP contribution < -0.4 is 5.56 Å². The highest BCUT2D eigenvalue weighted by molar-refractivity contribution is 9.10. The van der Waals surface area contributed by atoms with E-state index in [0.717, 1.165) is 10.6 Å². The smallest absolute Gasteiger partial charge is 0.301 e. The number of nitrogens with zero attached hydrogens (tertiary/aromatic N) is 2. The van der Waals surface area contributed by atoms with E-state index in [1.807, 2.05) is 0 Å². The van der Waals surface area contributed by atoms with Crippen molar-refractivity contribution in [2.75, 3.05) is 0 Å². The average Bonchev–Trinajstić information content (AvgIpc) is 2.42. The number of ketones is 1.